The molecule has 0 bridgehead atoms. The Morgan fingerprint density at radius 2 is 2.12 bits per heavy atom. The lowest BCUT2D eigenvalue weighted by molar-refractivity contribution is 0.0914. The maximum absolute atomic E-state index is 11.8. The first-order chi connectivity index (χ1) is 7.35. The number of aryl methyl sites for hydroxylation is 2. The molecule has 0 spiro atoms. The molecule has 2 N–H and O–H groups in total. The molecular formula is C11H18N2O2S. The van der Waals surface area contributed by atoms with E-state index in [0.717, 1.165) is 10.7 Å². The molecule has 1 aromatic heterocycles. The molecule has 1 amide bonds. The molecule has 0 aromatic carbocycles. The van der Waals surface area contributed by atoms with Gasteiger partial charge in [0.1, 0.15) is 4.88 Å². The van der Waals surface area contributed by atoms with E-state index in [2.05, 4.69) is 10.3 Å². The van der Waals surface area contributed by atoms with Crippen molar-refractivity contribution in [3.63, 3.8) is 0 Å². The molecule has 0 unspecified atom stereocenters. The molecule has 0 radical (unpaired) electrons. The number of carbonyl (C=O) groups excluding carboxylic acids is 1. The number of rotatable bonds is 4. The largest absolute Gasteiger partial charge is 0.396 e. The van der Waals surface area contributed by atoms with Gasteiger partial charge in [-0.25, -0.2) is 4.98 Å². The summed E-state index contributed by atoms with van der Waals surface area (Å²) in [6.45, 7) is 8.02. The zero-order valence-corrected chi connectivity index (χ0v) is 10.9. The second-order valence-corrected chi connectivity index (χ2v) is 5.86. The minimum absolute atomic E-state index is 0.0496. The van der Waals surface area contributed by atoms with Gasteiger partial charge in [0.05, 0.1) is 10.7 Å². The van der Waals surface area contributed by atoms with E-state index in [4.69, 9.17) is 5.11 Å². The Morgan fingerprint density at radius 3 is 2.56 bits per heavy atom. The SMILES string of the molecule is Cc1nc(C)c(C(=O)NCC(C)(C)CO)s1. The van der Waals surface area contributed by atoms with Gasteiger partial charge in [0.2, 0.25) is 0 Å². The average Bonchev–Trinajstić information content (AvgIpc) is 2.54. The Hall–Kier alpha value is -0.940. The zero-order valence-electron chi connectivity index (χ0n) is 10.1. The smallest absolute Gasteiger partial charge is 0.263 e. The fraction of sp³-hybridized carbons (Fsp3) is 0.636. The normalized spacial score (nSPS) is 11.6. The van der Waals surface area contributed by atoms with Crippen LogP contribution in [0.4, 0.5) is 0 Å². The number of hydrogen-bond acceptors (Lipinski definition) is 4. The number of aromatic nitrogens is 1. The quantitative estimate of drug-likeness (QED) is 0.841. The molecule has 90 valence electrons. The Kier molecular flexibility index (Phi) is 4.04. The summed E-state index contributed by atoms with van der Waals surface area (Å²) in [4.78, 5) is 16.7. The van der Waals surface area contributed by atoms with E-state index in [9.17, 15) is 4.79 Å². The molecule has 0 atom stereocenters. The van der Waals surface area contributed by atoms with E-state index in [1.165, 1.54) is 11.3 Å². The highest BCUT2D eigenvalue weighted by atomic mass is 32.1. The van der Waals surface area contributed by atoms with Crippen LogP contribution in [0.2, 0.25) is 0 Å². The number of aliphatic hydroxyl groups is 1. The average molecular weight is 242 g/mol. The highest BCUT2D eigenvalue weighted by Crippen LogP contribution is 2.17. The first-order valence-corrected chi connectivity index (χ1v) is 6.00. The summed E-state index contributed by atoms with van der Waals surface area (Å²) in [6, 6.07) is 0. The van der Waals surface area contributed by atoms with Crippen molar-refractivity contribution in [1.29, 1.82) is 0 Å². The third-order valence-corrected chi connectivity index (χ3v) is 3.34. The molecule has 4 nitrogen and oxygen atoms in total. The van der Waals surface area contributed by atoms with Gasteiger partial charge in [0, 0.05) is 18.6 Å². The van der Waals surface area contributed by atoms with Crippen molar-refractivity contribution in [2.75, 3.05) is 13.2 Å². The number of thiazole rings is 1. The van der Waals surface area contributed by atoms with Gasteiger partial charge in [-0.15, -0.1) is 11.3 Å². The molecule has 0 aliphatic heterocycles. The standard InChI is InChI=1S/C11H18N2O2S/c1-7-9(16-8(2)13-7)10(15)12-5-11(3,4)6-14/h14H,5-6H2,1-4H3,(H,12,15). The van der Waals surface area contributed by atoms with Crippen LogP contribution in [0.5, 0.6) is 0 Å². The molecule has 0 saturated carbocycles. The number of nitrogens with one attached hydrogen (secondary N) is 1. The third kappa shape index (κ3) is 3.28. The first-order valence-electron chi connectivity index (χ1n) is 5.19. The number of hydrogen-bond donors (Lipinski definition) is 2. The number of carbonyl (C=O) groups is 1. The van der Waals surface area contributed by atoms with Crippen molar-refractivity contribution < 1.29 is 9.90 Å². The van der Waals surface area contributed by atoms with Crippen LogP contribution < -0.4 is 5.32 Å². The van der Waals surface area contributed by atoms with E-state index in [1.54, 1.807) is 0 Å². The van der Waals surface area contributed by atoms with Gasteiger partial charge in [-0.05, 0) is 13.8 Å². The number of amides is 1. The second kappa shape index (κ2) is 4.93. The van der Waals surface area contributed by atoms with Crippen molar-refractivity contribution in [1.82, 2.24) is 10.3 Å². The molecule has 0 aliphatic carbocycles. The van der Waals surface area contributed by atoms with Crippen molar-refractivity contribution in [2.45, 2.75) is 27.7 Å². The van der Waals surface area contributed by atoms with E-state index in [-0.39, 0.29) is 17.9 Å². The van der Waals surface area contributed by atoms with Crippen LogP contribution in [0.1, 0.15) is 34.2 Å². The van der Waals surface area contributed by atoms with Gasteiger partial charge < -0.3 is 10.4 Å². The lowest BCUT2D eigenvalue weighted by Gasteiger charge is -2.21. The fourth-order valence-corrected chi connectivity index (χ4v) is 2.03. The fourth-order valence-electron chi connectivity index (χ4n) is 1.20. The Bertz CT molecular complexity index is 385. The van der Waals surface area contributed by atoms with Gasteiger partial charge >= 0.3 is 0 Å². The summed E-state index contributed by atoms with van der Waals surface area (Å²) in [7, 11) is 0. The zero-order chi connectivity index (χ0) is 12.3. The van der Waals surface area contributed by atoms with Crippen LogP contribution >= 0.6 is 11.3 Å². The molecule has 5 heteroatoms. The number of nitrogens with zero attached hydrogens (tertiary/aromatic N) is 1. The van der Waals surface area contributed by atoms with Crippen molar-refractivity contribution in [2.24, 2.45) is 5.41 Å². The summed E-state index contributed by atoms with van der Waals surface area (Å²) in [5, 5.41) is 12.8. The molecule has 0 saturated heterocycles. The molecule has 1 aromatic rings. The van der Waals surface area contributed by atoms with Gasteiger partial charge in [0.25, 0.3) is 5.91 Å². The van der Waals surface area contributed by atoms with Crippen LogP contribution in [0, 0.1) is 19.3 Å². The lowest BCUT2D eigenvalue weighted by Crippen LogP contribution is -2.35. The van der Waals surface area contributed by atoms with E-state index in [0.29, 0.717) is 11.4 Å². The number of aliphatic hydroxyl groups excluding tert-OH is 1. The van der Waals surface area contributed by atoms with Crippen molar-refractivity contribution >= 4 is 17.2 Å². The van der Waals surface area contributed by atoms with Crippen LogP contribution in [0.25, 0.3) is 0 Å². The van der Waals surface area contributed by atoms with Gasteiger partial charge in [-0.2, -0.15) is 0 Å². The van der Waals surface area contributed by atoms with Crippen LogP contribution in [0.3, 0.4) is 0 Å². The maximum Gasteiger partial charge on any atom is 0.263 e. The highest BCUT2D eigenvalue weighted by Gasteiger charge is 2.19. The van der Waals surface area contributed by atoms with E-state index in [1.807, 2.05) is 27.7 Å². The third-order valence-electron chi connectivity index (χ3n) is 2.27. The predicted octanol–water partition coefficient (Wildman–Crippen LogP) is 1.51. The van der Waals surface area contributed by atoms with Gasteiger partial charge in [-0.1, -0.05) is 13.8 Å². The molecule has 0 fully saturated rings. The molecular weight excluding hydrogens is 224 g/mol. The molecule has 16 heavy (non-hydrogen) atoms. The highest BCUT2D eigenvalue weighted by molar-refractivity contribution is 7.13. The monoisotopic (exact) mass is 242 g/mol. The first kappa shape index (κ1) is 13.1. The lowest BCUT2D eigenvalue weighted by atomic mass is 9.95. The summed E-state index contributed by atoms with van der Waals surface area (Å²) < 4.78 is 0. The second-order valence-electron chi connectivity index (χ2n) is 4.65. The summed E-state index contributed by atoms with van der Waals surface area (Å²) in [5.74, 6) is -0.107. The Morgan fingerprint density at radius 1 is 1.50 bits per heavy atom. The van der Waals surface area contributed by atoms with Gasteiger partial charge in [0.15, 0.2) is 0 Å². The van der Waals surface area contributed by atoms with Crippen molar-refractivity contribution in [3.05, 3.63) is 15.6 Å². The van der Waals surface area contributed by atoms with E-state index >= 15 is 0 Å². The van der Waals surface area contributed by atoms with Crippen molar-refractivity contribution in [3.8, 4) is 0 Å². The summed E-state index contributed by atoms with van der Waals surface area (Å²) in [5.41, 5.74) is 0.477. The van der Waals surface area contributed by atoms with E-state index < -0.39 is 0 Å². The maximum atomic E-state index is 11.8. The topological polar surface area (TPSA) is 62.2 Å². The molecule has 1 rings (SSSR count). The van der Waals surface area contributed by atoms with Crippen LogP contribution in [0.15, 0.2) is 0 Å². The minimum Gasteiger partial charge on any atom is -0.396 e. The Balaban J connectivity index is 2.63. The minimum atomic E-state index is -0.288. The molecule has 0 aliphatic rings. The Labute approximate surface area is 99.7 Å². The summed E-state index contributed by atoms with van der Waals surface area (Å²) in [6.07, 6.45) is 0. The van der Waals surface area contributed by atoms with Gasteiger partial charge in [-0.3, -0.25) is 4.79 Å². The van der Waals surface area contributed by atoms with Crippen LogP contribution in [-0.4, -0.2) is 29.1 Å². The van der Waals surface area contributed by atoms with Crippen LogP contribution in [-0.2, 0) is 0 Å². The summed E-state index contributed by atoms with van der Waals surface area (Å²) >= 11 is 1.39. The predicted molar refractivity (Wildman–Crippen MR) is 64.8 cm³/mol. The molecule has 1 heterocycles.